The highest BCUT2D eigenvalue weighted by Crippen LogP contribution is 2.28. The number of rotatable bonds is 5. The van der Waals surface area contributed by atoms with Crippen molar-refractivity contribution in [1.29, 1.82) is 0 Å². The lowest BCUT2D eigenvalue weighted by Gasteiger charge is -2.33. The molecule has 0 unspecified atom stereocenters. The average molecular weight is 338 g/mol. The molecule has 2 aromatic heterocycles. The Balaban J connectivity index is 1.67. The van der Waals surface area contributed by atoms with Gasteiger partial charge in [-0.05, 0) is 43.5 Å². The van der Waals surface area contributed by atoms with Gasteiger partial charge in [-0.2, -0.15) is 0 Å². The van der Waals surface area contributed by atoms with E-state index in [9.17, 15) is 4.79 Å². The fraction of sp³-hybridized carbons (Fsp3) is 0.450. The van der Waals surface area contributed by atoms with Crippen LogP contribution in [0.1, 0.15) is 36.6 Å². The van der Waals surface area contributed by atoms with Crippen molar-refractivity contribution in [2.24, 2.45) is 0 Å². The molecule has 1 aliphatic heterocycles. The van der Waals surface area contributed by atoms with Gasteiger partial charge < -0.3 is 9.80 Å². The molecule has 0 aromatic carbocycles. The van der Waals surface area contributed by atoms with E-state index in [1.54, 1.807) is 19.0 Å². The average Bonchev–Trinajstić information content (AvgIpc) is 2.67. The van der Waals surface area contributed by atoms with Crippen LogP contribution in [0, 0.1) is 0 Å². The minimum absolute atomic E-state index is 0.145. The number of hydrogen-bond acceptors (Lipinski definition) is 4. The summed E-state index contributed by atoms with van der Waals surface area (Å²) in [5, 5.41) is 0. The molecule has 5 heteroatoms. The van der Waals surface area contributed by atoms with Crippen LogP contribution in [-0.2, 0) is 11.2 Å². The molecule has 1 amide bonds. The molecule has 132 valence electrons. The van der Waals surface area contributed by atoms with Crippen LogP contribution in [0.4, 0.5) is 5.82 Å². The highest BCUT2D eigenvalue weighted by atomic mass is 16.2. The first kappa shape index (κ1) is 17.4. The Hall–Kier alpha value is -2.43. The first-order valence-electron chi connectivity index (χ1n) is 8.95. The van der Waals surface area contributed by atoms with Crippen LogP contribution in [0.25, 0.3) is 0 Å². The third-order valence-electron chi connectivity index (χ3n) is 4.74. The zero-order valence-electron chi connectivity index (χ0n) is 15.1. The first-order chi connectivity index (χ1) is 12.1. The van der Waals surface area contributed by atoms with Gasteiger partial charge in [-0.25, -0.2) is 4.98 Å². The van der Waals surface area contributed by atoms with Crippen LogP contribution in [-0.4, -0.2) is 48.0 Å². The summed E-state index contributed by atoms with van der Waals surface area (Å²) in [4.78, 5) is 25.1. The topological polar surface area (TPSA) is 49.3 Å². The van der Waals surface area contributed by atoms with Crippen LogP contribution in [0.3, 0.4) is 0 Å². The Kier molecular flexibility index (Phi) is 5.64. The van der Waals surface area contributed by atoms with E-state index in [0.29, 0.717) is 18.8 Å². The molecule has 3 heterocycles. The van der Waals surface area contributed by atoms with E-state index in [4.69, 9.17) is 4.98 Å². The number of anilines is 1. The molecule has 0 radical (unpaired) electrons. The molecule has 0 bridgehead atoms. The van der Waals surface area contributed by atoms with Gasteiger partial charge in [0.2, 0.25) is 5.91 Å². The standard InChI is InChI=1S/C20H26N4O/c1-23(2)20(25)12-11-17-8-5-9-18(22-17)16-7-6-14-24(15-16)19-10-3-4-13-21-19/h3-5,8-10,13,16H,6-7,11-12,14-15H2,1-2H3/t16-/m0/s1. The maximum absolute atomic E-state index is 11.8. The summed E-state index contributed by atoms with van der Waals surface area (Å²) < 4.78 is 0. The SMILES string of the molecule is CN(C)C(=O)CCc1cccc([C@H]2CCCN(c3ccccn3)C2)n1. The summed E-state index contributed by atoms with van der Waals surface area (Å²) >= 11 is 0. The van der Waals surface area contributed by atoms with E-state index in [-0.39, 0.29) is 5.91 Å². The van der Waals surface area contributed by atoms with Crippen LogP contribution in [0.15, 0.2) is 42.6 Å². The van der Waals surface area contributed by atoms with Crippen molar-refractivity contribution >= 4 is 11.7 Å². The van der Waals surface area contributed by atoms with E-state index < -0.39 is 0 Å². The molecule has 1 atom stereocenters. The predicted octanol–water partition coefficient (Wildman–Crippen LogP) is 2.88. The van der Waals surface area contributed by atoms with Gasteiger partial charge >= 0.3 is 0 Å². The third-order valence-corrected chi connectivity index (χ3v) is 4.74. The molecular weight excluding hydrogens is 312 g/mol. The number of carbonyl (C=O) groups is 1. The molecule has 25 heavy (non-hydrogen) atoms. The second-order valence-electron chi connectivity index (χ2n) is 6.82. The zero-order valence-corrected chi connectivity index (χ0v) is 15.1. The number of aryl methyl sites for hydroxylation is 1. The monoisotopic (exact) mass is 338 g/mol. The Morgan fingerprint density at radius 2 is 2.12 bits per heavy atom. The number of amides is 1. The number of pyridine rings is 2. The molecule has 0 spiro atoms. The number of nitrogens with zero attached hydrogens (tertiary/aromatic N) is 4. The van der Waals surface area contributed by atoms with Gasteiger partial charge in [-0.15, -0.1) is 0 Å². The Morgan fingerprint density at radius 3 is 2.88 bits per heavy atom. The molecule has 1 saturated heterocycles. The van der Waals surface area contributed by atoms with E-state index in [2.05, 4.69) is 28.1 Å². The van der Waals surface area contributed by atoms with Gasteiger partial charge in [-0.3, -0.25) is 9.78 Å². The van der Waals surface area contributed by atoms with Crippen LogP contribution in [0.2, 0.25) is 0 Å². The Morgan fingerprint density at radius 1 is 1.24 bits per heavy atom. The van der Waals surface area contributed by atoms with Gasteiger partial charge in [0.15, 0.2) is 0 Å². The minimum atomic E-state index is 0.145. The highest BCUT2D eigenvalue weighted by molar-refractivity contribution is 5.75. The van der Waals surface area contributed by atoms with Crippen LogP contribution in [0.5, 0.6) is 0 Å². The van der Waals surface area contributed by atoms with Crippen molar-refractivity contribution in [3.8, 4) is 0 Å². The van der Waals surface area contributed by atoms with Crippen molar-refractivity contribution in [3.05, 3.63) is 54.0 Å². The molecular formula is C20H26N4O. The van der Waals surface area contributed by atoms with Crippen molar-refractivity contribution in [1.82, 2.24) is 14.9 Å². The number of piperidine rings is 1. The van der Waals surface area contributed by atoms with Crippen LogP contribution >= 0.6 is 0 Å². The van der Waals surface area contributed by atoms with Crippen molar-refractivity contribution in [2.75, 3.05) is 32.1 Å². The second kappa shape index (κ2) is 8.10. The molecule has 1 fully saturated rings. The Bertz CT molecular complexity index is 702. The number of carbonyl (C=O) groups excluding carboxylic acids is 1. The summed E-state index contributed by atoms with van der Waals surface area (Å²) in [5.41, 5.74) is 2.14. The van der Waals surface area contributed by atoms with Gasteiger partial charge in [0, 0.05) is 57.1 Å². The lowest BCUT2D eigenvalue weighted by molar-refractivity contribution is -0.128. The molecule has 2 aromatic rings. The summed E-state index contributed by atoms with van der Waals surface area (Å²) in [6, 6.07) is 12.3. The van der Waals surface area contributed by atoms with Crippen molar-refractivity contribution < 1.29 is 4.79 Å². The molecule has 0 aliphatic carbocycles. The molecule has 0 saturated carbocycles. The zero-order chi connectivity index (χ0) is 17.6. The number of hydrogen-bond donors (Lipinski definition) is 0. The van der Waals surface area contributed by atoms with Gasteiger partial charge in [0.25, 0.3) is 0 Å². The van der Waals surface area contributed by atoms with Gasteiger partial charge in [-0.1, -0.05) is 12.1 Å². The molecule has 1 aliphatic rings. The summed E-state index contributed by atoms with van der Waals surface area (Å²) in [6.07, 6.45) is 5.35. The van der Waals surface area contributed by atoms with E-state index in [0.717, 1.165) is 43.1 Å². The highest BCUT2D eigenvalue weighted by Gasteiger charge is 2.23. The summed E-state index contributed by atoms with van der Waals surface area (Å²) in [5.74, 6) is 1.60. The second-order valence-corrected chi connectivity index (χ2v) is 6.82. The van der Waals surface area contributed by atoms with Crippen molar-refractivity contribution in [3.63, 3.8) is 0 Å². The van der Waals surface area contributed by atoms with Crippen LogP contribution < -0.4 is 4.90 Å². The fourth-order valence-corrected chi connectivity index (χ4v) is 3.29. The van der Waals surface area contributed by atoms with Gasteiger partial charge in [0.05, 0.1) is 0 Å². The first-order valence-corrected chi connectivity index (χ1v) is 8.95. The molecule has 3 rings (SSSR count). The largest absolute Gasteiger partial charge is 0.356 e. The molecule has 5 nitrogen and oxygen atoms in total. The summed E-state index contributed by atoms with van der Waals surface area (Å²) in [6.45, 7) is 1.99. The maximum atomic E-state index is 11.8. The number of aromatic nitrogens is 2. The minimum Gasteiger partial charge on any atom is -0.356 e. The molecule has 0 N–H and O–H groups in total. The lowest BCUT2D eigenvalue weighted by atomic mass is 9.94. The maximum Gasteiger partial charge on any atom is 0.222 e. The van der Waals surface area contributed by atoms with E-state index >= 15 is 0 Å². The summed E-state index contributed by atoms with van der Waals surface area (Å²) in [7, 11) is 3.58. The Labute approximate surface area is 149 Å². The van der Waals surface area contributed by atoms with E-state index in [1.807, 2.05) is 24.4 Å². The van der Waals surface area contributed by atoms with Gasteiger partial charge in [0.1, 0.15) is 5.82 Å². The fourth-order valence-electron chi connectivity index (χ4n) is 3.29. The quantitative estimate of drug-likeness (QED) is 0.841. The van der Waals surface area contributed by atoms with Crippen molar-refractivity contribution in [2.45, 2.75) is 31.6 Å². The third kappa shape index (κ3) is 4.56. The lowest BCUT2D eigenvalue weighted by Crippen LogP contribution is -2.35. The van der Waals surface area contributed by atoms with E-state index in [1.165, 1.54) is 0 Å². The normalized spacial score (nSPS) is 17.4. The smallest absolute Gasteiger partial charge is 0.222 e. The predicted molar refractivity (Wildman–Crippen MR) is 99.7 cm³/mol.